The maximum Gasteiger partial charge on any atom is 0.308 e. The van der Waals surface area contributed by atoms with Crippen LogP contribution in [0.4, 0.5) is 0 Å². The summed E-state index contributed by atoms with van der Waals surface area (Å²) in [5.41, 5.74) is 7.65. The Morgan fingerprint density at radius 1 is 0.649 bits per heavy atom. The number of nitrogens with zero attached hydrogens (tertiary/aromatic N) is 2. The number of thioether (sulfide) groups is 1. The fraction of sp³-hybridized carbons (Fsp3) is 0.308. The lowest BCUT2D eigenvalue weighted by Gasteiger charge is -2.15. The molecule has 0 aliphatic carbocycles. The number of benzene rings is 2. The molecule has 0 heterocycles. The molecule has 0 radical (unpaired) electrons. The van der Waals surface area contributed by atoms with Crippen molar-refractivity contribution in [1.82, 2.24) is 10.9 Å². The summed E-state index contributed by atoms with van der Waals surface area (Å²) in [6, 6.07) is 13.5. The maximum absolute atomic E-state index is 12.5. The van der Waals surface area contributed by atoms with Gasteiger partial charge in [-0.3, -0.25) is 19.2 Å². The second-order valence-corrected chi connectivity index (χ2v) is 9.69. The zero-order valence-corrected chi connectivity index (χ0v) is 22.3. The van der Waals surface area contributed by atoms with Crippen LogP contribution in [0.25, 0.3) is 0 Å². The van der Waals surface area contributed by atoms with Gasteiger partial charge in [-0.25, -0.2) is 10.9 Å². The van der Waals surface area contributed by atoms with E-state index in [0.717, 1.165) is 11.1 Å². The van der Waals surface area contributed by atoms with Crippen molar-refractivity contribution in [2.45, 2.75) is 52.0 Å². The van der Waals surface area contributed by atoms with Gasteiger partial charge >= 0.3 is 11.9 Å². The van der Waals surface area contributed by atoms with Gasteiger partial charge in [-0.1, -0.05) is 0 Å². The Kier molecular flexibility index (Phi) is 11.0. The van der Waals surface area contributed by atoms with Crippen LogP contribution in [-0.4, -0.2) is 45.7 Å². The molecule has 0 saturated heterocycles. The van der Waals surface area contributed by atoms with Crippen LogP contribution in [-0.2, 0) is 19.2 Å². The number of nitrogens with one attached hydrogen (secondary N) is 2. The van der Waals surface area contributed by atoms with Crippen molar-refractivity contribution >= 4 is 46.9 Å². The van der Waals surface area contributed by atoms with Crippen molar-refractivity contribution in [3.8, 4) is 11.5 Å². The average Bonchev–Trinajstić information content (AvgIpc) is 2.85. The summed E-state index contributed by atoms with van der Waals surface area (Å²) in [5.74, 6) is -0.687. The zero-order valence-electron chi connectivity index (χ0n) is 21.5. The number of carbonyl (C=O) groups excluding carboxylic acids is 4. The van der Waals surface area contributed by atoms with Gasteiger partial charge in [0.15, 0.2) is 0 Å². The minimum Gasteiger partial charge on any atom is -0.427 e. The molecule has 10 nitrogen and oxygen atoms in total. The highest BCUT2D eigenvalue weighted by atomic mass is 32.2. The Balaban J connectivity index is 1.86. The molecule has 2 amide bonds. The van der Waals surface area contributed by atoms with Crippen molar-refractivity contribution in [2.75, 3.05) is 0 Å². The highest BCUT2D eigenvalue weighted by Crippen LogP contribution is 2.18. The van der Waals surface area contributed by atoms with Gasteiger partial charge in [0.1, 0.15) is 11.5 Å². The summed E-state index contributed by atoms with van der Waals surface area (Å²) in [7, 11) is 0. The standard InChI is InChI=1S/C26H30N4O6S/c1-15(21-7-11-23(12-8-21)35-19(5)31)27-29-25(33)17(3)37-18(4)26(34)30-28-16(2)22-9-13-24(14-10-22)36-20(6)32/h7-14,17-18H,1-6H3,(H,29,33)(H,30,34)/b27-15+,28-16+/t17-,18-/m0/s1. The predicted octanol–water partition coefficient (Wildman–Crippen LogP) is 3.43. The van der Waals surface area contributed by atoms with Crippen LogP contribution in [0.3, 0.4) is 0 Å². The first-order chi connectivity index (χ1) is 17.5. The summed E-state index contributed by atoms with van der Waals surface area (Å²) in [4.78, 5) is 47.0. The largest absolute Gasteiger partial charge is 0.427 e. The first kappa shape index (κ1) is 29.2. The van der Waals surface area contributed by atoms with E-state index in [0.29, 0.717) is 22.9 Å². The van der Waals surface area contributed by atoms with Crippen molar-refractivity contribution in [3.05, 3.63) is 59.7 Å². The summed E-state index contributed by atoms with van der Waals surface area (Å²) in [5, 5.41) is 7.13. The number of carbonyl (C=O) groups is 4. The summed E-state index contributed by atoms with van der Waals surface area (Å²) >= 11 is 1.17. The molecule has 0 spiro atoms. The molecule has 2 atom stereocenters. The molecule has 196 valence electrons. The number of hydrazone groups is 2. The number of hydrogen-bond acceptors (Lipinski definition) is 9. The number of ether oxygens (including phenoxy) is 2. The fourth-order valence-electron chi connectivity index (χ4n) is 2.88. The van der Waals surface area contributed by atoms with Gasteiger partial charge in [0.05, 0.1) is 21.9 Å². The molecule has 0 aromatic heterocycles. The summed E-state index contributed by atoms with van der Waals surface area (Å²) < 4.78 is 9.99. The van der Waals surface area contributed by atoms with Crippen molar-refractivity contribution in [1.29, 1.82) is 0 Å². The molecule has 2 aromatic carbocycles. The third-order valence-electron chi connectivity index (χ3n) is 4.88. The first-order valence-electron chi connectivity index (χ1n) is 11.4. The van der Waals surface area contributed by atoms with E-state index in [1.165, 1.54) is 25.6 Å². The van der Waals surface area contributed by atoms with E-state index in [9.17, 15) is 19.2 Å². The van der Waals surface area contributed by atoms with E-state index in [1.54, 1.807) is 76.2 Å². The van der Waals surface area contributed by atoms with Crippen LogP contribution in [0.15, 0.2) is 58.7 Å². The van der Waals surface area contributed by atoms with Crippen LogP contribution in [0, 0.1) is 0 Å². The molecular weight excluding hydrogens is 496 g/mol. The lowest BCUT2D eigenvalue weighted by molar-refractivity contribution is -0.132. The molecule has 0 unspecified atom stereocenters. The lowest BCUT2D eigenvalue weighted by Crippen LogP contribution is -2.33. The topological polar surface area (TPSA) is 136 Å². The molecule has 2 N–H and O–H groups in total. The monoisotopic (exact) mass is 526 g/mol. The van der Waals surface area contributed by atoms with E-state index in [1.807, 2.05) is 0 Å². The number of hydrogen-bond donors (Lipinski definition) is 2. The maximum atomic E-state index is 12.5. The van der Waals surface area contributed by atoms with Gasteiger partial charge in [0.2, 0.25) is 0 Å². The van der Waals surface area contributed by atoms with Crippen molar-refractivity contribution < 1.29 is 28.7 Å². The van der Waals surface area contributed by atoms with E-state index in [2.05, 4.69) is 21.1 Å². The second kappa shape index (κ2) is 13.9. The van der Waals surface area contributed by atoms with E-state index in [4.69, 9.17) is 9.47 Å². The quantitative estimate of drug-likeness (QED) is 0.210. The van der Waals surface area contributed by atoms with Gasteiger partial charge in [0.25, 0.3) is 11.8 Å². The van der Waals surface area contributed by atoms with Gasteiger partial charge in [-0.05, 0) is 87.4 Å². The molecule has 0 aliphatic rings. The SMILES string of the molecule is CC(=O)Oc1ccc(/C(C)=N/NC(=O)[C@H](C)S[C@@H](C)C(=O)N/N=C(\C)c2ccc(OC(C)=O)cc2)cc1. The Morgan fingerprint density at radius 2 is 0.973 bits per heavy atom. The molecule has 0 saturated carbocycles. The Morgan fingerprint density at radius 3 is 1.27 bits per heavy atom. The Labute approximate surface area is 219 Å². The van der Waals surface area contributed by atoms with E-state index < -0.39 is 22.4 Å². The molecule has 2 rings (SSSR count). The molecule has 37 heavy (non-hydrogen) atoms. The smallest absolute Gasteiger partial charge is 0.308 e. The molecule has 0 fully saturated rings. The van der Waals surface area contributed by atoms with Crippen LogP contribution in [0.5, 0.6) is 11.5 Å². The minimum absolute atomic E-state index is 0.354. The zero-order chi connectivity index (χ0) is 27.5. The highest BCUT2D eigenvalue weighted by Gasteiger charge is 2.21. The molecule has 0 bridgehead atoms. The number of rotatable bonds is 10. The first-order valence-corrected chi connectivity index (χ1v) is 12.3. The van der Waals surface area contributed by atoms with Crippen molar-refractivity contribution in [3.63, 3.8) is 0 Å². The predicted molar refractivity (Wildman–Crippen MR) is 143 cm³/mol. The van der Waals surface area contributed by atoms with Crippen LogP contribution < -0.4 is 20.3 Å². The lowest BCUT2D eigenvalue weighted by atomic mass is 10.1. The minimum atomic E-state index is -0.553. The average molecular weight is 527 g/mol. The Bertz CT molecular complexity index is 1100. The molecule has 11 heteroatoms. The summed E-state index contributed by atoms with van der Waals surface area (Å²) in [6.07, 6.45) is 0. The Hall–Kier alpha value is -3.99. The third kappa shape index (κ3) is 9.88. The van der Waals surface area contributed by atoms with Gasteiger partial charge in [-0.2, -0.15) is 10.2 Å². The number of esters is 2. The molecule has 0 aliphatic heterocycles. The van der Waals surface area contributed by atoms with Gasteiger partial charge in [-0.15, -0.1) is 11.8 Å². The van der Waals surface area contributed by atoms with E-state index >= 15 is 0 Å². The van der Waals surface area contributed by atoms with E-state index in [-0.39, 0.29) is 11.8 Å². The van der Waals surface area contributed by atoms with Gasteiger partial charge < -0.3 is 9.47 Å². The van der Waals surface area contributed by atoms with Crippen LogP contribution in [0.1, 0.15) is 52.7 Å². The third-order valence-corrected chi connectivity index (χ3v) is 6.13. The van der Waals surface area contributed by atoms with Crippen molar-refractivity contribution in [2.24, 2.45) is 10.2 Å². The second-order valence-electron chi connectivity index (χ2n) is 8.00. The van der Waals surface area contributed by atoms with Gasteiger partial charge in [0, 0.05) is 13.8 Å². The summed E-state index contributed by atoms with van der Waals surface area (Å²) in [6.45, 7) is 9.48. The van der Waals surface area contributed by atoms with Crippen LogP contribution >= 0.6 is 11.8 Å². The molecular formula is C26H30N4O6S. The molecule has 2 aromatic rings. The normalized spacial score (nSPS) is 13.2. The number of amides is 2. The highest BCUT2D eigenvalue weighted by molar-refractivity contribution is 8.01. The fourth-order valence-corrected chi connectivity index (χ4v) is 3.84. The van der Waals surface area contributed by atoms with Crippen LogP contribution in [0.2, 0.25) is 0 Å².